The standard InChI is InChI=1S/C11H15N3O.2ClH/c1-2-14-6-5-13-11(14)9-12-8-10-4-3-7-15-10;;/h3-7,12H,2,8-9H2,1H3;2*1H. The van der Waals surface area contributed by atoms with Crippen LogP contribution in [-0.2, 0) is 19.6 Å². The van der Waals surface area contributed by atoms with Crippen molar-refractivity contribution >= 4 is 24.8 Å². The zero-order valence-corrected chi connectivity index (χ0v) is 11.3. The third kappa shape index (κ3) is 4.42. The number of hydrogen-bond donors (Lipinski definition) is 1. The second kappa shape index (κ2) is 8.17. The van der Waals surface area contributed by atoms with Gasteiger partial charge < -0.3 is 14.3 Å². The van der Waals surface area contributed by atoms with Gasteiger partial charge in [-0.05, 0) is 19.1 Å². The van der Waals surface area contributed by atoms with Gasteiger partial charge in [-0.2, -0.15) is 0 Å². The summed E-state index contributed by atoms with van der Waals surface area (Å²) in [6.07, 6.45) is 5.50. The van der Waals surface area contributed by atoms with Crippen molar-refractivity contribution in [3.05, 3.63) is 42.4 Å². The van der Waals surface area contributed by atoms with Crippen LogP contribution in [0.25, 0.3) is 0 Å². The summed E-state index contributed by atoms with van der Waals surface area (Å²) in [6.45, 7) is 4.57. The topological polar surface area (TPSA) is 43.0 Å². The Bertz CT molecular complexity index is 401. The number of nitrogens with one attached hydrogen (secondary N) is 1. The summed E-state index contributed by atoms with van der Waals surface area (Å²) in [4.78, 5) is 4.28. The molecule has 0 saturated carbocycles. The zero-order valence-electron chi connectivity index (χ0n) is 9.63. The second-order valence-electron chi connectivity index (χ2n) is 3.31. The van der Waals surface area contributed by atoms with Crippen molar-refractivity contribution in [1.82, 2.24) is 14.9 Å². The van der Waals surface area contributed by atoms with Gasteiger partial charge in [0.15, 0.2) is 0 Å². The maximum Gasteiger partial charge on any atom is 0.122 e. The molecule has 0 amide bonds. The Morgan fingerprint density at radius 2 is 2.18 bits per heavy atom. The van der Waals surface area contributed by atoms with Gasteiger partial charge in [0.25, 0.3) is 0 Å². The molecule has 2 rings (SSSR count). The SMILES string of the molecule is CCn1ccnc1CNCc1ccco1.Cl.Cl. The van der Waals surface area contributed by atoms with Gasteiger partial charge in [-0.1, -0.05) is 0 Å². The minimum absolute atomic E-state index is 0. The van der Waals surface area contributed by atoms with Crippen LogP contribution < -0.4 is 5.32 Å². The van der Waals surface area contributed by atoms with Crippen molar-refractivity contribution in [3.8, 4) is 0 Å². The summed E-state index contributed by atoms with van der Waals surface area (Å²) in [5.74, 6) is 2.01. The predicted molar refractivity (Wildman–Crippen MR) is 71.6 cm³/mol. The van der Waals surface area contributed by atoms with Crippen LogP contribution in [0.2, 0.25) is 0 Å². The minimum atomic E-state index is 0. The Hall–Kier alpha value is -0.970. The molecule has 4 nitrogen and oxygen atoms in total. The van der Waals surface area contributed by atoms with E-state index in [9.17, 15) is 0 Å². The van der Waals surface area contributed by atoms with E-state index in [0.717, 1.165) is 31.2 Å². The average Bonchev–Trinajstić information content (AvgIpc) is 2.88. The van der Waals surface area contributed by atoms with E-state index in [2.05, 4.69) is 21.8 Å². The summed E-state index contributed by atoms with van der Waals surface area (Å²) in [5.41, 5.74) is 0. The number of nitrogens with zero attached hydrogens (tertiary/aromatic N) is 2. The van der Waals surface area contributed by atoms with Gasteiger partial charge in [0.2, 0.25) is 0 Å². The zero-order chi connectivity index (χ0) is 10.5. The summed E-state index contributed by atoms with van der Waals surface area (Å²) >= 11 is 0. The number of aromatic nitrogens is 2. The van der Waals surface area contributed by atoms with Crippen LogP contribution in [0.15, 0.2) is 35.2 Å². The molecule has 0 bridgehead atoms. The van der Waals surface area contributed by atoms with Crippen LogP contribution in [0.4, 0.5) is 0 Å². The molecule has 0 spiro atoms. The van der Waals surface area contributed by atoms with Crippen LogP contribution in [0.5, 0.6) is 0 Å². The molecule has 0 aromatic carbocycles. The highest BCUT2D eigenvalue weighted by Crippen LogP contribution is 2.00. The molecule has 0 aliphatic carbocycles. The summed E-state index contributed by atoms with van der Waals surface area (Å²) in [5, 5.41) is 3.29. The van der Waals surface area contributed by atoms with E-state index in [1.165, 1.54) is 0 Å². The highest BCUT2D eigenvalue weighted by molar-refractivity contribution is 5.85. The smallest absolute Gasteiger partial charge is 0.122 e. The molecular weight excluding hydrogens is 261 g/mol. The average molecular weight is 278 g/mol. The quantitative estimate of drug-likeness (QED) is 0.914. The Morgan fingerprint density at radius 1 is 1.35 bits per heavy atom. The number of aryl methyl sites for hydroxylation is 1. The van der Waals surface area contributed by atoms with Crippen LogP contribution in [-0.4, -0.2) is 9.55 Å². The summed E-state index contributed by atoms with van der Waals surface area (Å²) in [6, 6.07) is 3.85. The molecule has 0 unspecified atom stereocenters. The van der Waals surface area contributed by atoms with Crippen LogP contribution >= 0.6 is 24.8 Å². The van der Waals surface area contributed by atoms with E-state index >= 15 is 0 Å². The number of hydrogen-bond acceptors (Lipinski definition) is 3. The highest BCUT2D eigenvalue weighted by Gasteiger charge is 2.00. The lowest BCUT2D eigenvalue weighted by molar-refractivity contribution is 0.477. The minimum Gasteiger partial charge on any atom is -0.468 e. The lowest BCUT2D eigenvalue weighted by atomic mass is 10.4. The lowest BCUT2D eigenvalue weighted by Crippen LogP contribution is -2.16. The monoisotopic (exact) mass is 277 g/mol. The molecule has 2 aromatic rings. The number of rotatable bonds is 5. The number of halogens is 2. The van der Waals surface area contributed by atoms with Crippen molar-refractivity contribution in [2.24, 2.45) is 0 Å². The summed E-state index contributed by atoms with van der Waals surface area (Å²) < 4.78 is 7.34. The molecule has 0 aliphatic rings. The van der Waals surface area contributed by atoms with Crippen molar-refractivity contribution in [2.75, 3.05) is 0 Å². The van der Waals surface area contributed by atoms with E-state index in [-0.39, 0.29) is 24.8 Å². The fourth-order valence-electron chi connectivity index (χ4n) is 1.51. The molecule has 6 heteroatoms. The third-order valence-corrected chi connectivity index (χ3v) is 2.30. The third-order valence-electron chi connectivity index (χ3n) is 2.30. The molecule has 1 N–H and O–H groups in total. The molecule has 2 aromatic heterocycles. The fourth-order valence-corrected chi connectivity index (χ4v) is 1.51. The van der Waals surface area contributed by atoms with Crippen LogP contribution in [0.3, 0.4) is 0 Å². The van der Waals surface area contributed by atoms with Crippen molar-refractivity contribution in [3.63, 3.8) is 0 Å². The van der Waals surface area contributed by atoms with Gasteiger partial charge in [-0.3, -0.25) is 0 Å². The van der Waals surface area contributed by atoms with E-state index in [1.54, 1.807) is 6.26 Å². The Morgan fingerprint density at radius 3 is 2.82 bits per heavy atom. The molecule has 17 heavy (non-hydrogen) atoms. The first kappa shape index (κ1) is 16.0. The first-order valence-corrected chi connectivity index (χ1v) is 5.13. The normalized spacial score (nSPS) is 9.47. The fraction of sp³-hybridized carbons (Fsp3) is 0.364. The van der Waals surface area contributed by atoms with E-state index in [0.29, 0.717) is 0 Å². The largest absolute Gasteiger partial charge is 0.468 e. The molecular formula is C11H17Cl2N3O. The Balaban J connectivity index is 0.00000128. The van der Waals surface area contributed by atoms with Crippen molar-refractivity contribution in [1.29, 1.82) is 0 Å². The van der Waals surface area contributed by atoms with E-state index < -0.39 is 0 Å². The number of furan rings is 1. The van der Waals surface area contributed by atoms with Gasteiger partial charge in [0.1, 0.15) is 11.6 Å². The van der Waals surface area contributed by atoms with E-state index in [1.807, 2.05) is 24.5 Å². The Kier molecular flexibility index (Phi) is 7.70. The summed E-state index contributed by atoms with van der Waals surface area (Å²) in [7, 11) is 0. The molecule has 96 valence electrons. The van der Waals surface area contributed by atoms with Gasteiger partial charge >= 0.3 is 0 Å². The van der Waals surface area contributed by atoms with Gasteiger partial charge in [0.05, 0.1) is 19.4 Å². The van der Waals surface area contributed by atoms with Crippen LogP contribution in [0.1, 0.15) is 18.5 Å². The molecule has 0 saturated heterocycles. The molecule has 2 heterocycles. The Labute approximate surface area is 113 Å². The molecule has 0 atom stereocenters. The molecule has 0 aliphatic heterocycles. The first-order valence-electron chi connectivity index (χ1n) is 5.13. The van der Waals surface area contributed by atoms with Gasteiger partial charge in [-0.15, -0.1) is 24.8 Å². The van der Waals surface area contributed by atoms with Crippen molar-refractivity contribution < 1.29 is 4.42 Å². The maximum atomic E-state index is 5.22. The van der Waals surface area contributed by atoms with Gasteiger partial charge in [-0.25, -0.2) is 4.98 Å². The van der Waals surface area contributed by atoms with Crippen molar-refractivity contribution in [2.45, 2.75) is 26.6 Å². The van der Waals surface area contributed by atoms with E-state index in [4.69, 9.17) is 4.42 Å². The van der Waals surface area contributed by atoms with Gasteiger partial charge in [0, 0.05) is 18.9 Å². The molecule has 0 fully saturated rings. The lowest BCUT2D eigenvalue weighted by Gasteiger charge is -2.05. The first-order chi connectivity index (χ1) is 7.40. The molecule has 0 radical (unpaired) electrons. The highest BCUT2D eigenvalue weighted by atomic mass is 35.5. The maximum absolute atomic E-state index is 5.22. The van der Waals surface area contributed by atoms with Crippen LogP contribution in [0, 0.1) is 0 Å². The predicted octanol–water partition coefficient (Wildman–Crippen LogP) is 2.63. The second-order valence-corrected chi connectivity index (χ2v) is 3.31. The number of imidazole rings is 1.